The van der Waals surface area contributed by atoms with Gasteiger partial charge in [0.1, 0.15) is 0 Å². The van der Waals surface area contributed by atoms with Crippen molar-refractivity contribution >= 4 is 5.71 Å². The van der Waals surface area contributed by atoms with Crippen molar-refractivity contribution in [2.75, 3.05) is 7.05 Å². The van der Waals surface area contributed by atoms with Gasteiger partial charge in [0.15, 0.2) is 0 Å². The molecule has 0 aliphatic rings. The smallest absolute Gasteiger partial charge is 0.0666 e. The quantitative estimate of drug-likeness (QED) is 0.610. The molecule has 1 aromatic carbocycles. The van der Waals surface area contributed by atoms with Crippen molar-refractivity contribution in [3.63, 3.8) is 0 Å². The molecule has 0 bridgehead atoms. The Morgan fingerprint density at radius 3 is 2.15 bits per heavy atom. The highest BCUT2D eigenvalue weighted by molar-refractivity contribution is 6.11. The van der Waals surface area contributed by atoms with Crippen molar-refractivity contribution in [1.29, 1.82) is 0 Å². The van der Waals surface area contributed by atoms with Gasteiger partial charge in [-0.05, 0) is 25.0 Å². The van der Waals surface area contributed by atoms with Crippen LogP contribution >= 0.6 is 0 Å². The maximum Gasteiger partial charge on any atom is 0.0666 e. The van der Waals surface area contributed by atoms with Gasteiger partial charge >= 0.3 is 0 Å². The van der Waals surface area contributed by atoms with Crippen LogP contribution in [0, 0.1) is 6.92 Å². The molecule has 0 saturated carbocycles. The summed E-state index contributed by atoms with van der Waals surface area (Å²) in [5.41, 5.74) is 4.40. The molecule has 1 nitrogen and oxygen atoms in total. The first-order valence-corrected chi connectivity index (χ1v) is 4.35. The predicted molar refractivity (Wildman–Crippen MR) is 58.5 cm³/mol. The molecule has 0 N–H and O–H groups in total. The number of nitrogens with zero attached hydrogens (tertiary/aromatic N) is 1. The average Bonchev–Trinajstić information content (AvgIpc) is 2.09. The van der Waals surface area contributed by atoms with Crippen LogP contribution < -0.4 is 0 Å². The van der Waals surface area contributed by atoms with Crippen LogP contribution in [0.3, 0.4) is 0 Å². The Kier molecular flexibility index (Phi) is 3.02. The Morgan fingerprint density at radius 1 is 1.23 bits per heavy atom. The number of allylic oxidation sites excluding steroid dienone is 1. The molecule has 0 aliphatic heterocycles. The van der Waals surface area contributed by atoms with Gasteiger partial charge in [-0.25, -0.2) is 0 Å². The minimum absolute atomic E-state index is 0.986. The van der Waals surface area contributed by atoms with Crippen molar-refractivity contribution in [1.82, 2.24) is 0 Å². The van der Waals surface area contributed by atoms with Crippen LogP contribution in [0.15, 0.2) is 41.4 Å². The van der Waals surface area contributed by atoms with E-state index in [-0.39, 0.29) is 0 Å². The Labute approximate surface area is 79.8 Å². The van der Waals surface area contributed by atoms with Crippen LogP contribution in [0.4, 0.5) is 0 Å². The van der Waals surface area contributed by atoms with E-state index in [1.54, 1.807) is 7.05 Å². The van der Waals surface area contributed by atoms with Crippen molar-refractivity contribution in [2.24, 2.45) is 4.99 Å². The SMILES string of the molecule is C=C(C)C(=NC)c1ccc(C)cc1. The Bertz CT molecular complexity index is 331. The Balaban J connectivity index is 3.07. The fourth-order valence-corrected chi connectivity index (χ4v) is 1.28. The molecular formula is C12H15N. The van der Waals surface area contributed by atoms with E-state index in [2.05, 4.69) is 42.8 Å². The number of aliphatic imine (C=N–C) groups is 1. The van der Waals surface area contributed by atoms with Gasteiger partial charge in [-0.1, -0.05) is 36.4 Å². The molecule has 0 radical (unpaired) electrons. The number of benzene rings is 1. The lowest BCUT2D eigenvalue weighted by Crippen LogP contribution is -2.01. The third-order valence-electron chi connectivity index (χ3n) is 1.95. The van der Waals surface area contributed by atoms with Gasteiger partial charge in [-0.2, -0.15) is 0 Å². The molecule has 1 heteroatoms. The predicted octanol–water partition coefficient (Wildman–Crippen LogP) is 2.99. The highest BCUT2D eigenvalue weighted by atomic mass is 14.7. The maximum absolute atomic E-state index is 4.20. The fourth-order valence-electron chi connectivity index (χ4n) is 1.28. The lowest BCUT2D eigenvalue weighted by Gasteiger charge is -2.04. The molecule has 0 aromatic heterocycles. The van der Waals surface area contributed by atoms with Gasteiger partial charge in [0, 0.05) is 7.05 Å². The summed E-state index contributed by atoms with van der Waals surface area (Å²) in [5, 5.41) is 0. The van der Waals surface area contributed by atoms with Crippen LogP contribution in [-0.2, 0) is 0 Å². The fraction of sp³-hybridized carbons (Fsp3) is 0.250. The van der Waals surface area contributed by atoms with Crippen LogP contribution in [0.5, 0.6) is 0 Å². The third kappa shape index (κ3) is 2.28. The molecule has 0 fully saturated rings. The second-order valence-electron chi connectivity index (χ2n) is 3.22. The first-order chi connectivity index (χ1) is 6.15. The molecule has 1 rings (SSSR count). The molecule has 13 heavy (non-hydrogen) atoms. The summed E-state index contributed by atoms with van der Waals surface area (Å²) in [4.78, 5) is 4.20. The van der Waals surface area contributed by atoms with Gasteiger partial charge in [0.05, 0.1) is 5.71 Å². The molecule has 1 aromatic rings. The molecule has 0 spiro atoms. The Morgan fingerprint density at radius 2 is 1.77 bits per heavy atom. The van der Waals surface area contributed by atoms with Crippen molar-refractivity contribution in [3.8, 4) is 0 Å². The lowest BCUT2D eigenvalue weighted by atomic mass is 10.0. The first kappa shape index (κ1) is 9.72. The van der Waals surface area contributed by atoms with E-state index in [1.807, 2.05) is 6.92 Å². The summed E-state index contributed by atoms with van der Waals surface area (Å²) >= 11 is 0. The van der Waals surface area contributed by atoms with E-state index in [0.29, 0.717) is 0 Å². The van der Waals surface area contributed by atoms with Crippen molar-refractivity contribution in [3.05, 3.63) is 47.5 Å². The lowest BCUT2D eigenvalue weighted by molar-refractivity contribution is 1.39. The third-order valence-corrected chi connectivity index (χ3v) is 1.95. The average molecular weight is 173 g/mol. The summed E-state index contributed by atoms with van der Waals surface area (Å²) < 4.78 is 0. The summed E-state index contributed by atoms with van der Waals surface area (Å²) in [6.45, 7) is 7.95. The Hall–Kier alpha value is -1.37. The number of hydrogen-bond acceptors (Lipinski definition) is 1. The van der Waals surface area contributed by atoms with Gasteiger partial charge in [-0.15, -0.1) is 0 Å². The molecule has 0 unspecified atom stereocenters. The van der Waals surface area contributed by atoms with Gasteiger partial charge in [-0.3, -0.25) is 4.99 Å². The molecular weight excluding hydrogens is 158 g/mol. The van der Waals surface area contributed by atoms with E-state index in [1.165, 1.54) is 5.56 Å². The van der Waals surface area contributed by atoms with Gasteiger partial charge in [0.2, 0.25) is 0 Å². The highest BCUT2D eigenvalue weighted by Gasteiger charge is 2.01. The molecule has 0 amide bonds. The van der Waals surface area contributed by atoms with E-state index in [4.69, 9.17) is 0 Å². The zero-order chi connectivity index (χ0) is 9.84. The number of rotatable bonds is 2. The maximum atomic E-state index is 4.20. The number of aryl methyl sites for hydroxylation is 1. The van der Waals surface area contributed by atoms with Gasteiger partial charge in [0.25, 0.3) is 0 Å². The van der Waals surface area contributed by atoms with Crippen molar-refractivity contribution in [2.45, 2.75) is 13.8 Å². The minimum Gasteiger partial charge on any atom is -0.288 e. The van der Waals surface area contributed by atoms with Crippen LogP contribution in [0.25, 0.3) is 0 Å². The second-order valence-corrected chi connectivity index (χ2v) is 3.22. The molecule has 0 aliphatic carbocycles. The van der Waals surface area contributed by atoms with E-state index in [9.17, 15) is 0 Å². The van der Waals surface area contributed by atoms with E-state index >= 15 is 0 Å². The van der Waals surface area contributed by atoms with E-state index in [0.717, 1.165) is 16.8 Å². The zero-order valence-electron chi connectivity index (χ0n) is 8.46. The summed E-state index contributed by atoms with van der Waals surface area (Å²) in [6, 6.07) is 8.32. The summed E-state index contributed by atoms with van der Waals surface area (Å²) in [6.07, 6.45) is 0. The highest BCUT2D eigenvalue weighted by Crippen LogP contribution is 2.09. The molecule has 68 valence electrons. The van der Waals surface area contributed by atoms with Gasteiger partial charge < -0.3 is 0 Å². The van der Waals surface area contributed by atoms with Crippen LogP contribution in [0.1, 0.15) is 18.1 Å². The van der Waals surface area contributed by atoms with E-state index < -0.39 is 0 Å². The first-order valence-electron chi connectivity index (χ1n) is 4.35. The van der Waals surface area contributed by atoms with Crippen LogP contribution in [-0.4, -0.2) is 12.8 Å². The second kappa shape index (κ2) is 4.04. The standard InChI is InChI=1S/C12H15N/c1-9(2)12(13-4)11-7-5-10(3)6-8-11/h5-8H,1H2,2-4H3. The monoisotopic (exact) mass is 173 g/mol. The van der Waals surface area contributed by atoms with Crippen LogP contribution in [0.2, 0.25) is 0 Å². The molecule has 0 atom stereocenters. The summed E-state index contributed by atoms with van der Waals surface area (Å²) in [7, 11) is 1.80. The van der Waals surface area contributed by atoms with Crippen molar-refractivity contribution < 1.29 is 0 Å². The minimum atomic E-state index is 0.986. The molecule has 0 saturated heterocycles. The zero-order valence-corrected chi connectivity index (χ0v) is 8.46. The summed E-state index contributed by atoms with van der Waals surface area (Å²) in [5.74, 6) is 0. The largest absolute Gasteiger partial charge is 0.288 e. The topological polar surface area (TPSA) is 12.4 Å². The normalized spacial score (nSPS) is 11.5. The molecule has 0 heterocycles. The number of hydrogen-bond donors (Lipinski definition) is 0.